The molecule has 0 fully saturated rings. The fraction of sp³-hybridized carbons (Fsp3) is 0. The normalized spacial score (nSPS) is 11.9. The molecule has 0 aliphatic rings. The molecule has 0 bridgehead atoms. The van der Waals surface area contributed by atoms with Gasteiger partial charge in [-0.2, -0.15) is 9.50 Å². The summed E-state index contributed by atoms with van der Waals surface area (Å²) in [4.78, 5) is 10.2. The van der Waals surface area contributed by atoms with E-state index >= 15 is 0 Å². The summed E-state index contributed by atoms with van der Waals surface area (Å²) in [7, 11) is 0. The molecule has 7 aromatic carbocycles. The van der Waals surface area contributed by atoms with Crippen LogP contribution in [0.1, 0.15) is 0 Å². The van der Waals surface area contributed by atoms with Crippen molar-refractivity contribution in [1.82, 2.24) is 28.7 Å². The molecule has 0 aliphatic carbocycles. The molecule has 0 atom stereocenters. The zero-order valence-corrected chi connectivity index (χ0v) is 27.3. The molecule has 4 aromatic heterocycles. The largest absolute Gasteiger partial charge is 0.309 e. The molecule has 11 aromatic rings. The number of rotatable bonds is 4. The van der Waals surface area contributed by atoms with Crippen LogP contribution >= 0.6 is 0 Å². The van der Waals surface area contributed by atoms with Gasteiger partial charge in [0, 0.05) is 43.7 Å². The second-order valence-electron chi connectivity index (χ2n) is 12.9. The Morgan fingerprint density at radius 1 is 0.392 bits per heavy atom. The van der Waals surface area contributed by atoms with Crippen LogP contribution in [-0.4, -0.2) is 28.7 Å². The summed E-state index contributed by atoms with van der Waals surface area (Å²) < 4.78 is 6.63. The Balaban J connectivity index is 1.19. The molecule has 0 amide bonds. The van der Waals surface area contributed by atoms with E-state index in [0.717, 1.165) is 50.1 Å². The van der Waals surface area contributed by atoms with E-state index in [-0.39, 0.29) is 0 Å². The lowest BCUT2D eigenvalue weighted by Crippen LogP contribution is -1.98. The third kappa shape index (κ3) is 4.07. The third-order valence-electron chi connectivity index (χ3n) is 10.1. The summed E-state index contributed by atoms with van der Waals surface area (Å²) in [5.74, 6) is 1.19. The maximum absolute atomic E-state index is 5.13. The van der Waals surface area contributed by atoms with Crippen molar-refractivity contribution in [1.29, 1.82) is 0 Å². The average Bonchev–Trinajstić information content (AvgIpc) is 3.87. The fourth-order valence-corrected chi connectivity index (χ4v) is 7.89. The fourth-order valence-electron chi connectivity index (χ4n) is 7.89. The van der Waals surface area contributed by atoms with Gasteiger partial charge in [0.05, 0.1) is 39.0 Å². The van der Waals surface area contributed by atoms with Crippen LogP contribution in [0, 0.1) is 0 Å². The lowest BCUT2D eigenvalue weighted by Gasteiger charge is -2.12. The maximum Gasteiger partial charge on any atom is 0.253 e. The first kappa shape index (κ1) is 27.9. The minimum absolute atomic E-state index is 0.565. The van der Waals surface area contributed by atoms with Gasteiger partial charge in [0.15, 0.2) is 5.82 Å². The molecule has 0 radical (unpaired) electrons. The Labute approximate surface area is 292 Å². The molecule has 6 heteroatoms. The highest BCUT2D eigenvalue weighted by Gasteiger charge is 2.22. The predicted molar refractivity (Wildman–Crippen MR) is 208 cm³/mol. The van der Waals surface area contributed by atoms with Gasteiger partial charge in [-0.1, -0.05) is 115 Å². The van der Waals surface area contributed by atoms with Gasteiger partial charge in [-0.05, 0) is 54.6 Å². The Morgan fingerprint density at radius 2 is 0.941 bits per heavy atom. The summed E-state index contributed by atoms with van der Waals surface area (Å²) in [6.45, 7) is 0. The van der Waals surface area contributed by atoms with Crippen molar-refractivity contribution in [2.75, 3.05) is 0 Å². The summed E-state index contributed by atoms with van der Waals surface area (Å²) in [6.07, 6.45) is 0. The van der Waals surface area contributed by atoms with Crippen LogP contribution in [0.5, 0.6) is 0 Å². The molecule has 0 saturated carbocycles. The van der Waals surface area contributed by atoms with E-state index in [1.807, 2.05) is 34.8 Å². The number of benzene rings is 7. The summed E-state index contributed by atoms with van der Waals surface area (Å²) in [5.41, 5.74) is 10.6. The lowest BCUT2D eigenvalue weighted by molar-refractivity contribution is 0.987. The molecule has 0 spiro atoms. The van der Waals surface area contributed by atoms with E-state index in [2.05, 4.69) is 149 Å². The highest BCUT2D eigenvalue weighted by Crippen LogP contribution is 2.41. The Bertz CT molecular complexity index is 3130. The molecule has 4 heterocycles. The highest BCUT2D eigenvalue weighted by atomic mass is 15.3. The van der Waals surface area contributed by atoms with Crippen molar-refractivity contribution in [2.45, 2.75) is 0 Å². The van der Waals surface area contributed by atoms with Crippen LogP contribution in [0.4, 0.5) is 0 Å². The van der Waals surface area contributed by atoms with Crippen molar-refractivity contribution < 1.29 is 0 Å². The van der Waals surface area contributed by atoms with Crippen LogP contribution in [-0.2, 0) is 0 Å². The SMILES string of the molecule is c1ccc(-c2nc3nc(-c4ccccc4-n4c5ccccc5c5cc6c(cc54)c4ccccc4n6-c4ccccc4)nn3c3ccccc23)cc1. The van der Waals surface area contributed by atoms with Gasteiger partial charge in [0.1, 0.15) is 0 Å². The number of hydrogen-bond donors (Lipinski definition) is 0. The summed E-state index contributed by atoms with van der Waals surface area (Å²) >= 11 is 0. The molecule has 51 heavy (non-hydrogen) atoms. The maximum atomic E-state index is 5.13. The molecule has 238 valence electrons. The molecule has 0 N–H and O–H groups in total. The smallest absolute Gasteiger partial charge is 0.253 e. The van der Waals surface area contributed by atoms with Crippen molar-refractivity contribution in [3.05, 3.63) is 170 Å². The lowest BCUT2D eigenvalue weighted by atomic mass is 10.1. The molecular formula is C45H28N6. The molecular weight excluding hydrogens is 625 g/mol. The Morgan fingerprint density at radius 3 is 1.67 bits per heavy atom. The van der Waals surface area contributed by atoms with Gasteiger partial charge < -0.3 is 9.13 Å². The zero-order valence-electron chi connectivity index (χ0n) is 27.3. The van der Waals surface area contributed by atoms with E-state index in [1.54, 1.807) is 0 Å². The van der Waals surface area contributed by atoms with Gasteiger partial charge in [-0.3, -0.25) is 0 Å². The summed E-state index contributed by atoms with van der Waals surface area (Å²) in [6, 6.07) is 59.7. The summed E-state index contributed by atoms with van der Waals surface area (Å²) in [5, 5.41) is 11.0. The number of nitrogens with zero attached hydrogens (tertiary/aromatic N) is 6. The zero-order chi connectivity index (χ0) is 33.5. The van der Waals surface area contributed by atoms with Gasteiger partial charge >= 0.3 is 0 Å². The van der Waals surface area contributed by atoms with Crippen molar-refractivity contribution in [3.8, 4) is 34.0 Å². The van der Waals surface area contributed by atoms with Crippen molar-refractivity contribution in [2.24, 2.45) is 0 Å². The van der Waals surface area contributed by atoms with E-state index in [4.69, 9.17) is 15.1 Å². The van der Waals surface area contributed by atoms with Crippen LogP contribution in [0.3, 0.4) is 0 Å². The molecule has 0 aliphatic heterocycles. The van der Waals surface area contributed by atoms with Crippen molar-refractivity contribution in [3.63, 3.8) is 0 Å². The minimum Gasteiger partial charge on any atom is -0.309 e. The van der Waals surface area contributed by atoms with Gasteiger partial charge in [-0.15, -0.1) is 5.10 Å². The monoisotopic (exact) mass is 652 g/mol. The van der Waals surface area contributed by atoms with Gasteiger partial charge in [0.2, 0.25) is 0 Å². The number of aromatic nitrogens is 6. The highest BCUT2D eigenvalue weighted by molar-refractivity contribution is 6.19. The Hall–Kier alpha value is -7.05. The van der Waals surface area contributed by atoms with Crippen LogP contribution in [0.2, 0.25) is 0 Å². The first-order chi connectivity index (χ1) is 25.3. The topological polar surface area (TPSA) is 52.9 Å². The number of hydrogen-bond acceptors (Lipinski definition) is 3. The van der Waals surface area contributed by atoms with Crippen molar-refractivity contribution >= 4 is 60.3 Å². The van der Waals surface area contributed by atoms with E-state index in [1.165, 1.54) is 32.6 Å². The van der Waals surface area contributed by atoms with E-state index in [9.17, 15) is 0 Å². The Kier molecular flexibility index (Phi) is 5.86. The second kappa shape index (κ2) is 10.7. The average molecular weight is 653 g/mol. The molecule has 11 rings (SSSR count). The van der Waals surface area contributed by atoms with Crippen LogP contribution in [0.15, 0.2) is 170 Å². The standard InChI is InChI=1S/C45H28N6/c1-3-15-29(16-4-1)43-33-21-9-14-26-40(33)51-45(46-43)47-44(48-51)34-22-10-13-25-39(34)50-38-24-12-8-20-32(38)36-27-41-35(28-42(36)50)31-19-7-11-23-37(31)49(41)30-17-5-2-6-18-30/h1-28H. The van der Waals surface area contributed by atoms with E-state index in [0.29, 0.717) is 11.6 Å². The number of fused-ring (bicyclic) bond motifs is 9. The van der Waals surface area contributed by atoms with E-state index < -0.39 is 0 Å². The quantitative estimate of drug-likeness (QED) is 0.190. The first-order valence-electron chi connectivity index (χ1n) is 17.1. The minimum atomic E-state index is 0.565. The van der Waals surface area contributed by atoms with Gasteiger partial charge in [0.25, 0.3) is 5.78 Å². The third-order valence-corrected chi connectivity index (χ3v) is 10.1. The molecule has 6 nitrogen and oxygen atoms in total. The molecule has 0 saturated heterocycles. The van der Waals surface area contributed by atoms with Crippen LogP contribution in [0.25, 0.3) is 94.3 Å². The van der Waals surface area contributed by atoms with Gasteiger partial charge in [-0.25, -0.2) is 4.98 Å². The molecule has 0 unspecified atom stereocenters. The van der Waals surface area contributed by atoms with Crippen LogP contribution < -0.4 is 0 Å². The first-order valence-corrected chi connectivity index (χ1v) is 17.1. The predicted octanol–water partition coefficient (Wildman–Crippen LogP) is 10.8. The second-order valence-corrected chi connectivity index (χ2v) is 12.9. The number of para-hydroxylation sites is 5.